The number of non-ortho nitro benzene ring substituents is 1. The van der Waals surface area contributed by atoms with E-state index in [1.165, 1.54) is 12.1 Å². The second-order valence-electron chi connectivity index (χ2n) is 8.95. The highest BCUT2D eigenvalue weighted by molar-refractivity contribution is 6.33. The highest BCUT2D eigenvalue weighted by Crippen LogP contribution is 2.44. The number of carbonyl (C=O) groups excluding carboxylic acids is 2. The van der Waals surface area contributed by atoms with E-state index in [9.17, 15) is 29.8 Å². The third-order valence-electron chi connectivity index (χ3n) is 6.31. The smallest absolute Gasteiger partial charge is 0.295 e. The molecule has 0 fully saturated rings. The Morgan fingerprint density at radius 1 is 0.632 bits per heavy atom. The van der Waals surface area contributed by atoms with Gasteiger partial charge in [0.2, 0.25) is 0 Å². The maximum Gasteiger partial charge on any atom is 0.295 e. The van der Waals surface area contributed by atoms with Crippen LogP contribution < -0.4 is 10.6 Å². The predicted molar refractivity (Wildman–Crippen MR) is 142 cm³/mol. The lowest BCUT2D eigenvalue weighted by molar-refractivity contribution is -0.384. The molecule has 4 aromatic rings. The maximum absolute atomic E-state index is 13.9. The molecule has 0 spiro atoms. The normalized spacial score (nSPS) is 11.9. The van der Waals surface area contributed by atoms with Crippen molar-refractivity contribution in [3.8, 4) is 0 Å². The van der Waals surface area contributed by atoms with Gasteiger partial charge in [-0.05, 0) is 44.2 Å². The van der Waals surface area contributed by atoms with Gasteiger partial charge < -0.3 is 10.6 Å². The van der Waals surface area contributed by atoms with Gasteiger partial charge in [-0.2, -0.15) is 0 Å². The molecule has 0 aliphatic heterocycles. The molecule has 38 heavy (non-hydrogen) atoms. The number of nitrogens with one attached hydrogen (secondary N) is 2. The topological polar surface area (TPSA) is 144 Å². The molecule has 10 heteroatoms. The summed E-state index contributed by atoms with van der Waals surface area (Å²) in [5, 5.41) is 29.6. The van der Waals surface area contributed by atoms with Crippen molar-refractivity contribution in [2.45, 2.75) is 13.8 Å². The summed E-state index contributed by atoms with van der Waals surface area (Å²) in [6.45, 7) is 3.78. The first-order valence-electron chi connectivity index (χ1n) is 11.5. The number of hydrogen-bond acceptors (Lipinski definition) is 8. The summed E-state index contributed by atoms with van der Waals surface area (Å²) in [4.78, 5) is 49.9. The average Bonchev–Trinajstić information content (AvgIpc) is 2.89. The van der Waals surface area contributed by atoms with Crippen LogP contribution in [0.2, 0.25) is 0 Å². The first kappa shape index (κ1) is 24.3. The molecular weight excluding hydrogens is 488 g/mol. The number of rotatable bonds is 6. The van der Waals surface area contributed by atoms with E-state index in [-0.39, 0.29) is 39.3 Å². The number of ketones is 2. The Kier molecular flexibility index (Phi) is 5.92. The van der Waals surface area contributed by atoms with Crippen LogP contribution in [0.3, 0.4) is 0 Å². The first-order valence-corrected chi connectivity index (χ1v) is 11.5. The molecule has 1 aliphatic carbocycles. The van der Waals surface area contributed by atoms with Crippen molar-refractivity contribution in [1.29, 1.82) is 0 Å². The molecule has 0 aromatic heterocycles. The molecular formula is C28H20N4O6. The number of fused-ring (bicyclic) bond motifs is 2. The first-order chi connectivity index (χ1) is 18.1. The minimum Gasteiger partial charge on any atom is -0.355 e. The number of aryl methyl sites for hydroxylation is 2. The van der Waals surface area contributed by atoms with E-state index in [2.05, 4.69) is 10.6 Å². The standard InChI is InChI=1S/C28H20N4O6/c1-15-3-7-17(8-4-15)29-22-14-23(32(37)38)26(30-18-9-5-16(2)6-10-18)25-24(22)27(33)20-12-11-19(31(35)36)13-21(20)28(25)34/h3-14,29-30H,1-2H3. The van der Waals surface area contributed by atoms with Gasteiger partial charge in [-0.25, -0.2) is 0 Å². The van der Waals surface area contributed by atoms with E-state index >= 15 is 0 Å². The minimum atomic E-state index is -0.733. The molecule has 0 unspecified atom stereocenters. The average molecular weight is 508 g/mol. The molecule has 4 aromatic carbocycles. The van der Waals surface area contributed by atoms with Crippen LogP contribution >= 0.6 is 0 Å². The van der Waals surface area contributed by atoms with Crippen LogP contribution in [0, 0.1) is 34.1 Å². The van der Waals surface area contributed by atoms with Gasteiger partial charge in [-0.1, -0.05) is 35.4 Å². The lowest BCUT2D eigenvalue weighted by Gasteiger charge is -2.24. The van der Waals surface area contributed by atoms with E-state index in [4.69, 9.17) is 0 Å². The Balaban J connectivity index is 1.78. The number of benzene rings is 4. The van der Waals surface area contributed by atoms with Gasteiger partial charge >= 0.3 is 0 Å². The van der Waals surface area contributed by atoms with Gasteiger partial charge in [-0.3, -0.25) is 29.8 Å². The van der Waals surface area contributed by atoms with Gasteiger partial charge in [0.05, 0.1) is 26.7 Å². The molecule has 188 valence electrons. The third-order valence-corrected chi connectivity index (χ3v) is 6.31. The van der Waals surface area contributed by atoms with E-state index in [1.54, 1.807) is 36.4 Å². The summed E-state index contributed by atoms with van der Waals surface area (Å²) in [7, 11) is 0. The lowest BCUT2D eigenvalue weighted by Crippen LogP contribution is -2.24. The zero-order valence-electron chi connectivity index (χ0n) is 20.3. The van der Waals surface area contributed by atoms with Crippen molar-refractivity contribution in [3.63, 3.8) is 0 Å². The van der Waals surface area contributed by atoms with Crippen LogP contribution in [0.25, 0.3) is 0 Å². The number of carbonyl (C=O) groups is 2. The fourth-order valence-corrected chi connectivity index (χ4v) is 4.38. The molecule has 0 saturated heterocycles. The summed E-state index contributed by atoms with van der Waals surface area (Å²) in [5.41, 5.74) is 1.57. The summed E-state index contributed by atoms with van der Waals surface area (Å²) >= 11 is 0. The van der Waals surface area contributed by atoms with E-state index < -0.39 is 27.1 Å². The summed E-state index contributed by atoms with van der Waals surface area (Å²) in [6.07, 6.45) is 0. The fraction of sp³-hybridized carbons (Fsp3) is 0.0714. The van der Waals surface area contributed by atoms with Gasteiger partial charge in [-0.15, -0.1) is 0 Å². The molecule has 1 aliphatic rings. The predicted octanol–water partition coefficient (Wildman–Crippen LogP) is 6.38. The van der Waals surface area contributed by atoms with Crippen molar-refractivity contribution in [2.24, 2.45) is 0 Å². The molecule has 0 radical (unpaired) electrons. The second-order valence-corrected chi connectivity index (χ2v) is 8.95. The lowest BCUT2D eigenvalue weighted by atomic mass is 9.81. The highest BCUT2D eigenvalue weighted by Gasteiger charge is 2.39. The van der Waals surface area contributed by atoms with Crippen LogP contribution in [-0.4, -0.2) is 21.4 Å². The molecule has 0 bridgehead atoms. The zero-order valence-corrected chi connectivity index (χ0v) is 20.3. The molecule has 0 saturated carbocycles. The van der Waals surface area contributed by atoms with Crippen LogP contribution in [-0.2, 0) is 0 Å². The monoisotopic (exact) mass is 508 g/mol. The SMILES string of the molecule is Cc1ccc(Nc2cc([N+](=O)[O-])c(Nc3ccc(C)cc3)c3c2C(=O)c2ccc([N+](=O)[O-])cc2C3=O)cc1. The summed E-state index contributed by atoms with van der Waals surface area (Å²) in [6, 6.07) is 18.8. The Labute approximate surface area is 216 Å². The molecule has 10 nitrogen and oxygen atoms in total. The van der Waals surface area contributed by atoms with Crippen molar-refractivity contribution < 1.29 is 19.4 Å². The molecule has 0 atom stereocenters. The van der Waals surface area contributed by atoms with Crippen LogP contribution in [0.4, 0.5) is 34.1 Å². The van der Waals surface area contributed by atoms with E-state index in [0.717, 1.165) is 23.3 Å². The quantitative estimate of drug-likeness (QED) is 0.198. The number of hydrogen-bond donors (Lipinski definition) is 2. The van der Waals surface area contributed by atoms with Gasteiger partial charge in [0, 0.05) is 40.7 Å². The van der Waals surface area contributed by atoms with Crippen LogP contribution in [0.5, 0.6) is 0 Å². The van der Waals surface area contributed by atoms with Gasteiger partial charge in [0.15, 0.2) is 11.6 Å². The maximum atomic E-state index is 13.9. The van der Waals surface area contributed by atoms with E-state index in [0.29, 0.717) is 11.4 Å². The number of nitro groups is 2. The van der Waals surface area contributed by atoms with Gasteiger partial charge in [0.25, 0.3) is 11.4 Å². The Bertz CT molecular complexity index is 1660. The van der Waals surface area contributed by atoms with Crippen molar-refractivity contribution >= 4 is 45.7 Å². The number of nitrogens with zero attached hydrogens (tertiary/aromatic N) is 2. The molecule has 2 N–H and O–H groups in total. The largest absolute Gasteiger partial charge is 0.355 e. The fourth-order valence-electron chi connectivity index (χ4n) is 4.38. The van der Waals surface area contributed by atoms with Gasteiger partial charge in [0.1, 0.15) is 5.69 Å². The Morgan fingerprint density at radius 3 is 1.74 bits per heavy atom. The Hall–Kier alpha value is -5.38. The summed E-state index contributed by atoms with van der Waals surface area (Å²) < 4.78 is 0. The highest BCUT2D eigenvalue weighted by atomic mass is 16.6. The summed E-state index contributed by atoms with van der Waals surface area (Å²) in [5.74, 6) is -1.32. The minimum absolute atomic E-state index is 0.0183. The molecule has 0 heterocycles. The molecule has 5 rings (SSSR count). The third kappa shape index (κ3) is 4.24. The Morgan fingerprint density at radius 2 is 1.18 bits per heavy atom. The zero-order chi connectivity index (χ0) is 27.1. The number of nitro benzene ring substituents is 2. The van der Waals surface area contributed by atoms with Crippen molar-refractivity contribution in [2.75, 3.05) is 10.6 Å². The second kappa shape index (κ2) is 9.25. The van der Waals surface area contributed by atoms with Crippen molar-refractivity contribution in [1.82, 2.24) is 0 Å². The van der Waals surface area contributed by atoms with Crippen LogP contribution in [0.1, 0.15) is 43.0 Å². The number of anilines is 4. The van der Waals surface area contributed by atoms with Crippen molar-refractivity contribution in [3.05, 3.63) is 126 Å². The van der Waals surface area contributed by atoms with E-state index in [1.807, 2.05) is 26.0 Å². The molecule has 0 amide bonds. The van der Waals surface area contributed by atoms with Crippen LogP contribution in [0.15, 0.2) is 72.8 Å².